The molecule has 0 radical (unpaired) electrons. The molecular formula is C44H35B5N2. The molecule has 0 amide bonds. The summed E-state index contributed by atoms with van der Waals surface area (Å²) < 4.78 is 2.45. The Morgan fingerprint density at radius 1 is 0.353 bits per heavy atom. The fourth-order valence-electron chi connectivity index (χ4n) is 8.17. The summed E-state index contributed by atoms with van der Waals surface area (Å²) >= 11 is 0. The van der Waals surface area contributed by atoms with Crippen molar-refractivity contribution in [3.05, 3.63) is 152 Å². The molecule has 0 bridgehead atoms. The van der Waals surface area contributed by atoms with E-state index in [4.69, 9.17) is 0 Å². The zero-order chi connectivity index (χ0) is 34.8. The van der Waals surface area contributed by atoms with Crippen LogP contribution in [0.1, 0.15) is 0 Å². The van der Waals surface area contributed by atoms with Crippen LogP contribution in [-0.4, -0.2) is 43.8 Å². The van der Waals surface area contributed by atoms with Crippen molar-refractivity contribution in [2.45, 2.75) is 0 Å². The highest BCUT2D eigenvalue weighted by Gasteiger charge is 2.29. The van der Waals surface area contributed by atoms with Gasteiger partial charge < -0.3 is 9.47 Å². The highest BCUT2D eigenvalue weighted by Crippen LogP contribution is 2.50. The van der Waals surface area contributed by atoms with Crippen LogP contribution in [0.2, 0.25) is 0 Å². The summed E-state index contributed by atoms with van der Waals surface area (Å²) in [7, 11) is 11.3. The van der Waals surface area contributed by atoms with E-state index < -0.39 is 0 Å². The van der Waals surface area contributed by atoms with Gasteiger partial charge in [0.05, 0.1) is 28.3 Å². The molecule has 0 aliphatic carbocycles. The lowest BCUT2D eigenvalue weighted by atomic mass is 9.59. The van der Waals surface area contributed by atoms with Gasteiger partial charge in [-0.05, 0) is 75.3 Å². The monoisotopic (exact) mass is 646 g/mol. The van der Waals surface area contributed by atoms with Crippen LogP contribution in [0.25, 0.3) is 61.2 Å². The molecule has 51 heavy (non-hydrogen) atoms. The SMILES string of the molecule is Bc1c(B)c(B)c(-c2ccc(-c3ccc(-c4ccc5c(c4)N(c4ccccc4)c4cccc6cc(-c7ccccc7)n-5c46)cc3)cc2)c(B)c1B. The van der Waals surface area contributed by atoms with Crippen molar-refractivity contribution in [2.24, 2.45) is 0 Å². The third kappa shape index (κ3) is 5.02. The van der Waals surface area contributed by atoms with Crippen LogP contribution < -0.4 is 32.2 Å². The number of rotatable bonds is 5. The minimum atomic E-state index is 1.15. The Bertz CT molecular complexity index is 2580. The Kier molecular flexibility index (Phi) is 7.47. The standard InChI is InChI=1S/C44H35B5N2/c45-39-38(40(46)42(48)43(49)41(39)47)30-20-18-27(19-21-30)26-14-16-28(17-15-26)31-22-23-34-37(24-31)50(33-11-5-2-6-12-33)35-13-7-10-32-25-36(51(34)44(32)35)29-8-3-1-4-9-29/h1-25H,45-49H2. The van der Waals surface area contributed by atoms with Gasteiger partial charge in [0.1, 0.15) is 39.2 Å². The number of nitrogens with zero attached hydrogens (tertiary/aromatic N) is 2. The molecule has 7 aromatic carbocycles. The lowest BCUT2D eigenvalue weighted by Gasteiger charge is -2.34. The lowest BCUT2D eigenvalue weighted by Crippen LogP contribution is -2.55. The van der Waals surface area contributed by atoms with Crippen molar-refractivity contribution < 1.29 is 0 Å². The molecule has 0 saturated carbocycles. The summed E-state index contributed by atoms with van der Waals surface area (Å²) in [6.07, 6.45) is 0. The molecule has 7 heteroatoms. The van der Waals surface area contributed by atoms with Crippen LogP contribution in [-0.2, 0) is 0 Å². The molecule has 2 heterocycles. The van der Waals surface area contributed by atoms with Gasteiger partial charge in [0, 0.05) is 11.1 Å². The molecule has 0 N–H and O–H groups in total. The lowest BCUT2D eigenvalue weighted by molar-refractivity contribution is 1.08. The molecule has 0 atom stereocenters. The molecule has 1 aromatic heterocycles. The summed E-state index contributed by atoms with van der Waals surface area (Å²) in [6.45, 7) is 0. The first-order valence-corrected chi connectivity index (χ1v) is 17.9. The minimum absolute atomic E-state index is 1.15. The predicted molar refractivity (Wildman–Crippen MR) is 234 cm³/mol. The van der Waals surface area contributed by atoms with Crippen molar-refractivity contribution in [3.63, 3.8) is 0 Å². The second-order valence-electron chi connectivity index (χ2n) is 14.0. The molecule has 1 aliphatic rings. The first-order valence-electron chi connectivity index (χ1n) is 17.9. The smallest absolute Gasteiger partial charge is 0.139 e. The molecule has 0 spiro atoms. The molecule has 2 nitrogen and oxygen atoms in total. The van der Waals surface area contributed by atoms with E-state index in [2.05, 4.69) is 200 Å². The Balaban J connectivity index is 1.11. The fraction of sp³-hybridized carbons (Fsp3) is 0. The topological polar surface area (TPSA) is 8.17 Å². The number of aromatic nitrogens is 1. The van der Waals surface area contributed by atoms with Gasteiger partial charge in [-0.1, -0.05) is 126 Å². The van der Waals surface area contributed by atoms with Crippen LogP contribution >= 0.6 is 0 Å². The normalized spacial score (nSPS) is 11.9. The van der Waals surface area contributed by atoms with Gasteiger partial charge in [0.2, 0.25) is 0 Å². The first kappa shape index (κ1) is 31.2. The van der Waals surface area contributed by atoms with Gasteiger partial charge in [0.25, 0.3) is 0 Å². The van der Waals surface area contributed by atoms with E-state index in [1.807, 2.05) is 0 Å². The van der Waals surface area contributed by atoms with Crippen molar-refractivity contribution in [1.29, 1.82) is 0 Å². The molecule has 0 fully saturated rings. The van der Waals surface area contributed by atoms with Crippen molar-refractivity contribution >= 4 is 94.5 Å². The zero-order valence-electron chi connectivity index (χ0n) is 29.8. The Hall–Kier alpha value is -5.80. The van der Waals surface area contributed by atoms with Crippen LogP contribution in [0.15, 0.2) is 152 Å². The van der Waals surface area contributed by atoms with E-state index in [0.717, 1.165) is 5.69 Å². The fourth-order valence-corrected chi connectivity index (χ4v) is 8.17. The number of para-hydroxylation sites is 2. The van der Waals surface area contributed by atoms with Gasteiger partial charge >= 0.3 is 0 Å². The predicted octanol–water partition coefficient (Wildman–Crippen LogP) is 3.37. The largest absolute Gasteiger partial charge is 0.306 e. The summed E-state index contributed by atoms with van der Waals surface area (Å²) in [5.41, 5.74) is 22.8. The Morgan fingerprint density at radius 2 is 0.882 bits per heavy atom. The second-order valence-corrected chi connectivity index (χ2v) is 14.0. The average Bonchev–Trinajstić information content (AvgIpc) is 3.58. The highest BCUT2D eigenvalue weighted by atomic mass is 15.2. The number of anilines is 3. The number of hydrogen-bond acceptors (Lipinski definition) is 1. The summed E-state index contributed by atoms with van der Waals surface area (Å²) in [5.74, 6) is 0. The van der Waals surface area contributed by atoms with Crippen LogP contribution in [0.3, 0.4) is 0 Å². The van der Waals surface area contributed by atoms with E-state index in [1.54, 1.807) is 0 Å². The van der Waals surface area contributed by atoms with Crippen molar-refractivity contribution in [2.75, 3.05) is 4.90 Å². The first-order chi connectivity index (χ1) is 24.9. The van der Waals surface area contributed by atoms with Crippen molar-refractivity contribution in [3.8, 4) is 50.3 Å². The average molecular weight is 646 g/mol. The third-order valence-electron chi connectivity index (χ3n) is 11.3. The quantitative estimate of drug-likeness (QED) is 0.261. The Labute approximate surface area is 304 Å². The van der Waals surface area contributed by atoms with Crippen LogP contribution in [0, 0.1) is 0 Å². The van der Waals surface area contributed by atoms with Crippen molar-refractivity contribution in [1.82, 2.24) is 4.57 Å². The van der Waals surface area contributed by atoms with E-state index in [-0.39, 0.29) is 0 Å². The van der Waals surface area contributed by atoms with E-state index >= 15 is 0 Å². The number of fused-ring (bicyclic) bond motifs is 2. The Morgan fingerprint density at radius 3 is 1.51 bits per heavy atom. The summed E-state index contributed by atoms with van der Waals surface area (Å²) in [5, 5.41) is 1.24. The van der Waals surface area contributed by atoms with Crippen LogP contribution in [0.4, 0.5) is 17.1 Å². The molecule has 8 aromatic rings. The molecule has 9 rings (SSSR count). The number of hydrogen-bond donors (Lipinski definition) is 0. The van der Waals surface area contributed by atoms with Gasteiger partial charge in [-0.25, -0.2) is 0 Å². The molecular weight excluding hydrogens is 611 g/mol. The number of benzene rings is 7. The summed E-state index contributed by atoms with van der Waals surface area (Å²) in [4.78, 5) is 2.42. The summed E-state index contributed by atoms with van der Waals surface area (Å²) in [6, 6.07) is 55.5. The minimum Gasteiger partial charge on any atom is -0.306 e. The second kappa shape index (κ2) is 12.2. The molecule has 1 aliphatic heterocycles. The van der Waals surface area contributed by atoms with Gasteiger partial charge in [-0.3, -0.25) is 0 Å². The molecule has 0 saturated heterocycles. The maximum absolute atomic E-state index is 2.45. The van der Waals surface area contributed by atoms with Gasteiger partial charge in [0.15, 0.2) is 0 Å². The maximum Gasteiger partial charge on any atom is 0.139 e. The van der Waals surface area contributed by atoms with E-state index in [9.17, 15) is 0 Å². The molecule has 236 valence electrons. The molecule has 0 unspecified atom stereocenters. The highest BCUT2D eigenvalue weighted by molar-refractivity contribution is 6.68. The van der Waals surface area contributed by atoms with E-state index in [1.165, 1.54) is 99.9 Å². The van der Waals surface area contributed by atoms with E-state index in [0.29, 0.717) is 0 Å². The van der Waals surface area contributed by atoms with Crippen LogP contribution in [0.5, 0.6) is 0 Å². The third-order valence-corrected chi connectivity index (χ3v) is 11.3. The zero-order valence-corrected chi connectivity index (χ0v) is 29.8. The van der Waals surface area contributed by atoms with Gasteiger partial charge in [-0.15, -0.1) is 16.4 Å². The maximum atomic E-state index is 2.45. The van der Waals surface area contributed by atoms with Gasteiger partial charge in [-0.2, -0.15) is 0 Å².